The second-order valence-corrected chi connectivity index (χ2v) is 9.25. The van der Waals surface area contributed by atoms with Gasteiger partial charge in [-0.05, 0) is 30.9 Å². The number of fused-ring (bicyclic) bond motifs is 1. The SMILES string of the molecule is O=C(Nc1c(Cl)cccc1Cl)N[C@H]1C[C@H]2C(=O)N[C@@H](CC3CCCCC3)C(=O)N2C1. The molecule has 0 bridgehead atoms. The molecule has 4 amide bonds. The van der Waals surface area contributed by atoms with Crippen LogP contribution < -0.4 is 16.0 Å². The first kappa shape index (κ1) is 21.2. The first-order valence-corrected chi connectivity index (χ1v) is 11.3. The van der Waals surface area contributed by atoms with Crippen LogP contribution in [0, 0.1) is 5.92 Å². The van der Waals surface area contributed by atoms with Crippen molar-refractivity contribution in [2.24, 2.45) is 5.92 Å². The molecule has 0 aromatic heterocycles. The van der Waals surface area contributed by atoms with E-state index < -0.39 is 18.1 Å². The largest absolute Gasteiger partial charge is 0.342 e. The Balaban J connectivity index is 1.36. The van der Waals surface area contributed by atoms with Gasteiger partial charge in [0, 0.05) is 6.54 Å². The summed E-state index contributed by atoms with van der Waals surface area (Å²) in [5.74, 6) is 0.325. The molecule has 3 atom stereocenters. The van der Waals surface area contributed by atoms with E-state index in [1.165, 1.54) is 19.3 Å². The Morgan fingerprint density at radius 1 is 1.13 bits per heavy atom. The Bertz CT molecular complexity index is 823. The zero-order valence-electron chi connectivity index (χ0n) is 16.6. The maximum Gasteiger partial charge on any atom is 0.319 e. The average molecular weight is 453 g/mol. The lowest BCUT2D eigenvalue weighted by Gasteiger charge is -2.36. The summed E-state index contributed by atoms with van der Waals surface area (Å²) in [5, 5.41) is 9.08. The van der Waals surface area contributed by atoms with E-state index in [1.54, 1.807) is 23.1 Å². The monoisotopic (exact) mass is 452 g/mol. The minimum Gasteiger partial charge on any atom is -0.342 e. The van der Waals surface area contributed by atoms with E-state index in [1.807, 2.05) is 0 Å². The number of urea groups is 1. The number of nitrogens with one attached hydrogen (secondary N) is 3. The fourth-order valence-electron chi connectivity index (χ4n) is 4.83. The predicted octanol–water partition coefficient (Wildman–Crippen LogP) is 3.55. The van der Waals surface area contributed by atoms with Crippen molar-refractivity contribution >= 4 is 46.7 Å². The smallest absolute Gasteiger partial charge is 0.319 e. The highest BCUT2D eigenvalue weighted by Gasteiger charge is 2.47. The number of nitrogens with zero attached hydrogens (tertiary/aromatic N) is 1. The zero-order valence-corrected chi connectivity index (χ0v) is 18.1. The average Bonchev–Trinajstić information content (AvgIpc) is 3.14. The standard InChI is InChI=1S/C21H26Cl2N4O3/c22-14-7-4-8-15(23)18(14)26-21(30)24-13-10-17-19(28)25-16(20(29)27(17)11-13)9-12-5-2-1-3-6-12/h4,7-8,12-13,16-17H,1-3,5-6,9-11H2,(H,25,28)(H2,24,26,30)/t13-,16-,17-/m0/s1. The van der Waals surface area contributed by atoms with E-state index in [2.05, 4.69) is 16.0 Å². The number of amides is 4. The van der Waals surface area contributed by atoms with Crippen LogP contribution in [0.5, 0.6) is 0 Å². The molecule has 2 saturated heterocycles. The molecule has 1 aromatic carbocycles. The number of anilines is 1. The van der Waals surface area contributed by atoms with Crippen molar-refractivity contribution < 1.29 is 14.4 Å². The van der Waals surface area contributed by atoms with Gasteiger partial charge in [-0.2, -0.15) is 0 Å². The lowest BCUT2D eigenvalue weighted by atomic mass is 9.84. The number of benzene rings is 1. The van der Waals surface area contributed by atoms with E-state index in [9.17, 15) is 14.4 Å². The van der Waals surface area contributed by atoms with Crippen molar-refractivity contribution in [1.29, 1.82) is 0 Å². The number of hydrogen-bond acceptors (Lipinski definition) is 3. The molecule has 1 aliphatic carbocycles. The highest BCUT2D eigenvalue weighted by molar-refractivity contribution is 6.39. The summed E-state index contributed by atoms with van der Waals surface area (Å²) in [7, 11) is 0. The molecule has 1 saturated carbocycles. The molecule has 162 valence electrons. The van der Waals surface area contributed by atoms with Crippen molar-refractivity contribution in [1.82, 2.24) is 15.5 Å². The Hall–Kier alpha value is -1.99. The number of piperazine rings is 1. The number of para-hydroxylation sites is 1. The molecule has 0 spiro atoms. The third kappa shape index (κ3) is 4.52. The summed E-state index contributed by atoms with van der Waals surface area (Å²) < 4.78 is 0. The van der Waals surface area contributed by atoms with Crippen LogP contribution in [-0.2, 0) is 9.59 Å². The first-order chi connectivity index (χ1) is 14.4. The van der Waals surface area contributed by atoms with Gasteiger partial charge in [-0.15, -0.1) is 0 Å². The van der Waals surface area contributed by atoms with Gasteiger partial charge in [0.15, 0.2) is 0 Å². The maximum atomic E-state index is 13.0. The highest BCUT2D eigenvalue weighted by Crippen LogP contribution is 2.31. The molecule has 1 aromatic rings. The van der Waals surface area contributed by atoms with Crippen molar-refractivity contribution in [3.05, 3.63) is 28.2 Å². The topological polar surface area (TPSA) is 90.5 Å². The van der Waals surface area contributed by atoms with Gasteiger partial charge in [-0.25, -0.2) is 4.79 Å². The highest BCUT2D eigenvalue weighted by atomic mass is 35.5. The Labute approximate surface area is 185 Å². The summed E-state index contributed by atoms with van der Waals surface area (Å²) in [5.41, 5.74) is 0.329. The number of rotatable bonds is 4. The third-order valence-electron chi connectivity index (χ3n) is 6.33. The summed E-state index contributed by atoms with van der Waals surface area (Å²) in [6.07, 6.45) is 6.99. The van der Waals surface area contributed by atoms with Gasteiger partial charge in [0.05, 0.1) is 21.8 Å². The molecule has 9 heteroatoms. The van der Waals surface area contributed by atoms with E-state index in [-0.39, 0.29) is 17.9 Å². The van der Waals surface area contributed by atoms with Crippen LogP contribution in [0.3, 0.4) is 0 Å². The number of hydrogen-bond donors (Lipinski definition) is 3. The molecule has 2 aliphatic heterocycles. The van der Waals surface area contributed by atoms with Crippen LogP contribution in [-0.4, -0.2) is 47.4 Å². The van der Waals surface area contributed by atoms with E-state index in [4.69, 9.17) is 23.2 Å². The van der Waals surface area contributed by atoms with Gasteiger partial charge in [-0.3, -0.25) is 9.59 Å². The van der Waals surface area contributed by atoms with E-state index >= 15 is 0 Å². The second-order valence-electron chi connectivity index (χ2n) is 8.44. The van der Waals surface area contributed by atoms with Crippen LogP contribution in [0.25, 0.3) is 0 Å². The molecule has 0 radical (unpaired) electrons. The Kier molecular flexibility index (Phi) is 6.39. The third-order valence-corrected chi connectivity index (χ3v) is 6.96. The Morgan fingerprint density at radius 3 is 2.53 bits per heavy atom. The van der Waals surface area contributed by atoms with Gasteiger partial charge in [0.2, 0.25) is 11.8 Å². The molecule has 7 nitrogen and oxygen atoms in total. The van der Waals surface area contributed by atoms with Gasteiger partial charge < -0.3 is 20.9 Å². The molecular formula is C21H26Cl2N4O3. The molecular weight excluding hydrogens is 427 g/mol. The fourth-order valence-corrected chi connectivity index (χ4v) is 5.32. The zero-order chi connectivity index (χ0) is 21.3. The van der Waals surface area contributed by atoms with E-state index in [0.29, 0.717) is 41.0 Å². The molecule has 3 aliphatic rings. The lowest BCUT2D eigenvalue weighted by molar-refractivity contribution is -0.147. The maximum absolute atomic E-state index is 13.0. The van der Waals surface area contributed by atoms with Gasteiger partial charge in [0.1, 0.15) is 12.1 Å². The first-order valence-electron chi connectivity index (χ1n) is 10.5. The molecule has 3 N–H and O–H groups in total. The summed E-state index contributed by atoms with van der Waals surface area (Å²) in [4.78, 5) is 39.7. The van der Waals surface area contributed by atoms with Crippen LogP contribution in [0.4, 0.5) is 10.5 Å². The lowest BCUT2D eigenvalue weighted by Crippen LogP contribution is -2.61. The molecule has 4 rings (SSSR count). The van der Waals surface area contributed by atoms with Gasteiger partial charge in [0.25, 0.3) is 0 Å². The Morgan fingerprint density at radius 2 is 1.83 bits per heavy atom. The summed E-state index contributed by atoms with van der Waals surface area (Å²) in [6.45, 7) is 0.321. The minimum absolute atomic E-state index is 0.0379. The quantitative estimate of drug-likeness (QED) is 0.651. The molecule has 30 heavy (non-hydrogen) atoms. The molecule has 2 heterocycles. The van der Waals surface area contributed by atoms with Crippen LogP contribution in [0.15, 0.2) is 18.2 Å². The molecule has 3 fully saturated rings. The number of carbonyl (C=O) groups excluding carboxylic acids is 3. The predicted molar refractivity (Wildman–Crippen MR) is 116 cm³/mol. The van der Waals surface area contributed by atoms with Crippen molar-refractivity contribution in [3.63, 3.8) is 0 Å². The van der Waals surface area contributed by atoms with Crippen LogP contribution >= 0.6 is 23.2 Å². The normalized spacial score (nSPS) is 26.9. The van der Waals surface area contributed by atoms with Crippen LogP contribution in [0.1, 0.15) is 44.9 Å². The number of carbonyl (C=O) groups is 3. The molecule has 0 unspecified atom stereocenters. The van der Waals surface area contributed by atoms with Crippen molar-refractivity contribution in [3.8, 4) is 0 Å². The second kappa shape index (κ2) is 9.02. The number of halogens is 2. The van der Waals surface area contributed by atoms with Crippen molar-refractivity contribution in [2.45, 2.75) is 63.1 Å². The van der Waals surface area contributed by atoms with Gasteiger partial charge >= 0.3 is 6.03 Å². The van der Waals surface area contributed by atoms with Crippen molar-refractivity contribution in [2.75, 3.05) is 11.9 Å². The summed E-state index contributed by atoms with van der Waals surface area (Å²) in [6, 6.07) is 3.18. The summed E-state index contributed by atoms with van der Waals surface area (Å²) >= 11 is 12.2. The van der Waals surface area contributed by atoms with Gasteiger partial charge in [-0.1, -0.05) is 61.4 Å². The fraction of sp³-hybridized carbons (Fsp3) is 0.571. The minimum atomic E-state index is -0.533. The van der Waals surface area contributed by atoms with Crippen LogP contribution in [0.2, 0.25) is 10.0 Å². The van der Waals surface area contributed by atoms with E-state index in [0.717, 1.165) is 12.8 Å².